The van der Waals surface area contributed by atoms with Gasteiger partial charge in [0.25, 0.3) is 11.8 Å². The third kappa shape index (κ3) is 3.41. The molecule has 0 aromatic heterocycles. The molecule has 2 rings (SSSR count). The Bertz CT molecular complexity index is 533. The van der Waals surface area contributed by atoms with Crippen LogP contribution in [0.25, 0.3) is 0 Å². The molecule has 2 heterocycles. The van der Waals surface area contributed by atoms with E-state index in [9.17, 15) is 55.9 Å². The predicted octanol–water partition coefficient (Wildman–Crippen LogP) is -6.93. The van der Waals surface area contributed by atoms with Crippen LogP contribution in [0.1, 0.15) is 6.92 Å². The average Bonchev–Trinajstić information content (AvgIpc) is 2.64. The van der Waals surface area contributed by atoms with Crippen LogP contribution in [0.2, 0.25) is 0 Å². The van der Waals surface area contributed by atoms with Crippen LogP contribution in [-0.4, -0.2) is 136 Å². The van der Waals surface area contributed by atoms with Crippen molar-refractivity contribution in [3.63, 3.8) is 0 Å². The quantitative estimate of drug-likeness (QED) is 0.192. The highest BCUT2D eigenvalue weighted by atomic mass is 16.7. The minimum Gasteiger partial charge on any atom is -0.394 e. The highest BCUT2D eigenvalue weighted by Gasteiger charge is 2.67. The summed E-state index contributed by atoms with van der Waals surface area (Å²) in [5.41, 5.74) is 0. The molecule has 2 aliphatic heterocycles. The van der Waals surface area contributed by atoms with Gasteiger partial charge in [-0.25, -0.2) is 4.90 Å². The van der Waals surface area contributed by atoms with E-state index < -0.39 is 79.8 Å². The summed E-state index contributed by atoms with van der Waals surface area (Å²) >= 11 is 0. The summed E-state index contributed by atoms with van der Waals surface area (Å²) in [6.07, 6.45) is -16.7. The lowest BCUT2D eigenvalue weighted by atomic mass is 9.92. The molecule has 10 atom stereocenters. The van der Waals surface area contributed by atoms with Gasteiger partial charge in [-0.2, -0.15) is 0 Å². The second-order valence-electron chi connectivity index (χ2n) is 6.70. The van der Waals surface area contributed by atoms with Crippen LogP contribution >= 0.6 is 0 Å². The summed E-state index contributed by atoms with van der Waals surface area (Å²) in [7, 11) is 0. The number of hydrogen-bond acceptors (Lipinski definition) is 13. The molecule has 0 aliphatic carbocycles. The first-order valence-electron chi connectivity index (χ1n) is 8.28. The van der Waals surface area contributed by atoms with Gasteiger partial charge in [0.2, 0.25) is 5.91 Å². The summed E-state index contributed by atoms with van der Waals surface area (Å²) < 4.78 is 9.86. The van der Waals surface area contributed by atoms with Gasteiger partial charge in [0.15, 0.2) is 12.2 Å². The van der Waals surface area contributed by atoms with Gasteiger partial charge in [-0.05, 0) is 0 Å². The lowest BCUT2D eigenvalue weighted by Crippen LogP contribution is -2.81. The van der Waals surface area contributed by atoms with E-state index in [2.05, 4.69) is 0 Å². The van der Waals surface area contributed by atoms with E-state index >= 15 is 0 Å². The van der Waals surface area contributed by atoms with Crippen molar-refractivity contribution in [2.24, 2.45) is 0 Å². The van der Waals surface area contributed by atoms with Gasteiger partial charge in [-0.15, -0.1) is 0 Å². The minimum absolute atomic E-state index is 0.176. The first-order chi connectivity index (χ1) is 12.9. The number of ether oxygens (including phenoxy) is 2. The second-order valence-corrected chi connectivity index (χ2v) is 6.70. The van der Waals surface area contributed by atoms with E-state index in [1.165, 1.54) is 0 Å². The molecule has 28 heavy (non-hydrogen) atoms. The number of nitrogens with zero attached hydrogens (tertiary/aromatic N) is 1. The number of aliphatic hydroxyl groups excluding tert-OH is 8. The molecular weight excluding hydrogens is 390 g/mol. The predicted molar refractivity (Wildman–Crippen MR) is 82.4 cm³/mol. The Morgan fingerprint density at radius 3 is 1.36 bits per heavy atom. The Labute approximate surface area is 158 Å². The Balaban J connectivity index is 2.55. The SMILES string of the molecule is CC(=O)N(C1(O)O[C@H](CO)[C@H](O)[C@H](O)[C@H]1O)C1(O)O[C@H](CO)[C@@H](O)[C@H](O)[C@H]1O. The summed E-state index contributed by atoms with van der Waals surface area (Å²) in [4.78, 5) is 12.0. The lowest BCUT2D eigenvalue weighted by molar-refractivity contribution is -0.479. The number of carbonyl (C=O) groups is 1. The monoisotopic (exact) mass is 415 g/mol. The normalized spacial score (nSPS) is 49.7. The molecule has 2 fully saturated rings. The van der Waals surface area contributed by atoms with Gasteiger partial charge in [0, 0.05) is 6.92 Å². The van der Waals surface area contributed by atoms with Gasteiger partial charge in [0.05, 0.1) is 13.2 Å². The lowest BCUT2D eigenvalue weighted by Gasteiger charge is -2.56. The topological polar surface area (TPSA) is 241 Å². The van der Waals surface area contributed by atoms with Crippen LogP contribution in [0.3, 0.4) is 0 Å². The number of aliphatic hydroxyl groups is 10. The van der Waals surface area contributed by atoms with E-state index in [4.69, 9.17) is 9.47 Å². The zero-order valence-corrected chi connectivity index (χ0v) is 14.7. The van der Waals surface area contributed by atoms with E-state index in [0.29, 0.717) is 0 Å². The van der Waals surface area contributed by atoms with Gasteiger partial charge < -0.3 is 60.5 Å². The van der Waals surface area contributed by atoms with Gasteiger partial charge in [-0.1, -0.05) is 0 Å². The van der Waals surface area contributed by atoms with Crippen molar-refractivity contribution in [1.82, 2.24) is 4.90 Å². The molecule has 0 radical (unpaired) electrons. The molecule has 14 heteroatoms. The molecule has 1 amide bonds. The molecule has 10 N–H and O–H groups in total. The zero-order valence-electron chi connectivity index (χ0n) is 14.7. The fourth-order valence-electron chi connectivity index (χ4n) is 3.32. The molecule has 0 bridgehead atoms. The summed E-state index contributed by atoms with van der Waals surface area (Å²) in [6, 6.07) is 0. The molecule has 0 spiro atoms. The molecule has 0 saturated carbocycles. The first kappa shape index (κ1) is 23.3. The fourth-order valence-corrected chi connectivity index (χ4v) is 3.32. The minimum atomic E-state index is -3.38. The third-order valence-corrected chi connectivity index (χ3v) is 4.84. The molecule has 0 aromatic rings. The van der Waals surface area contributed by atoms with E-state index in [1.807, 2.05) is 0 Å². The molecule has 2 aliphatic rings. The van der Waals surface area contributed by atoms with Crippen molar-refractivity contribution < 1.29 is 65.3 Å². The Morgan fingerprint density at radius 1 is 0.786 bits per heavy atom. The number of amides is 1. The maximum Gasteiger partial charge on any atom is 0.286 e. The smallest absolute Gasteiger partial charge is 0.286 e. The molecule has 2 unspecified atom stereocenters. The van der Waals surface area contributed by atoms with Gasteiger partial charge >= 0.3 is 0 Å². The standard InChI is InChI=1S/C14H25NO13/c1-4(18)15(13(25)11(23)9(21)7(19)5(2-16)27-13)14(26)12(24)10(22)8(20)6(3-17)28-14/h5-12,16-17,19-26H,2-3H2,1H3/t5-,6-,7-,8+,9+,10+,11-,12-,13?,14?/m1/s1. The maximum atomic E-state index is 12.2. The average molecular weight is 415 g/mol. The molecule has 14 nitrogen and oxygen atoms in total. The summed E-state index contributed by atoms with van der Waals surface area (Å²) in [5, 5.41) is 100.0. The van der Waals surface area contributed by atoms with Crippen molar-refractivity contribution in [3.8, 4) is 0 Å². The van der Waals surface area contributed by atoms with Crippen LogP contribution < -0.4 is 0 Å². The Morgan fingerprint density at radius 2 is 1.11 bits per heavy atom. The van der Waals surface area contributed by atoms with Crippen LogP contribution in [0.15, 0.2) is 0 Å². The number of rotatable bonds is 4. The van der Waals surface area contributed by atoms with Crippen LogP contribution in [0, 0.1) is 0 Å². The summed E-state index contributed by atoms with van der Waals surface area (Å²) in [5.74, 6) is -8.09. The van der Waals surface area contributed by atoms with E-state index in [-0.39, 0.29) is 4.90 Å². The van der Waals surface area contributed by atoms with Crippen molar-refractivity contribution in [2.75, 3.05) is 13.2 Å². The Kier molecular flexibility index (Phi) is 6.66. The van der Waals surface area contributed by atoms with Crippen molar-refractivity contribution in [1.29, 1.82) is 0 Å². The van der Waals surface area contributed by atoms with Gasteiger partial charge in [0.1, 0.15) is 36.6 Å². The Hall–Kier alpha value is -1.01. The third-order valence-electron chi connectivity index (χ3n) is 4.84. The second kappa shape index (κ2) is 8.02. The van der Waals surface area contributed by atoms with Gasteiger partial charge in [-0.3, -0.25) is 4.79 Å². The molecule has 164 valence electrons. The van der Waals surface area contributed by atoms with Crippen LogP contribution in [0.4, 0.5) is 0 Å². The first-order valence-corrected chi connectivity index (χ1v) is 8.28. The van der Waals surface area contributed by atoms with Crippen LogP contribution in [0.5, 0.6) is 0 Å². The largest absolute Gasteiger partial charge is 0.394 e. The molecular formula is C14H25NO13. The van der Waals surface area contributed by atoms with Crippen LogP contribution in [-0.2, 0) is 14.3 Å². The van der Waals surface area contributed by atoms with Crippen molar-refractivity contribution in [3.05, 3.63) is 0 Å². The molecule has 0 aromatic carbocycles. The van der Waals surface area contributed by atoms with Crippen molar-refractivity contribution >= 4 is 5.91 Å². The maximum absolute atomic E-state index is 12.2. The zero-order chi connectivity index (χ0) is 21.6. The fraction of sp³-hybridized carbons (Fsp3) is 0.929. The number of hydrogen-bond donors (Lipinski definition) is 10. The van der Waals surface area contributed by atoms with Crippen molar-refractivity contribution in [2.45, 2.75) is 67.6 Å². The molecule has 2 saturated heterocycles. The van der Waals surface area contributed by atoms with E-state index in [0.717, 1.165) is 6.92 Å². The highest BCUT2D eigenvalue weighted by Crippen LogP contribution is 2.40. The number of carbonyl (C=O) groups excluding carboxylic acids is 1. The van der Waals surface area contributed by atoms with E-state index in [1.54, 1.807) is 0 Å². The highest BCUT2D eigenvalue weighted by molar-refractivity contribution is 5.74. The summed E-state index contributed by atoms with van der Waals surface area (Å²) in [6.45, 7) is -1.28.